The molecule has 1 amide bonds. The van der Waals surface area contributed by atoms with E-state index in [0.717, 1.165) is 51.8 Å². The van der Waals surface area contributed by atoms with E-state index in [1.807, 2.05) is 20.8 Å². The molecule has 0 aromatic rings. The minimum absolute atomic E-state index is 0.210. The largest absolute Gasteiger partial charge is 0.444 e. The Bertz CT molecular complexity index is 410. The topological polar surface area (TPSA) is 69.2 Å². The van der Waals surface area contributed by atoms with Gasteiger partial charge in [-0.25, -0.2) is 4.79 Å². The fourth-order valence-corrected chi connectivity index (χ4v) is 2.33. The Morgan fingerprint density at radius 2 is 1.79 bits per heavy atom. The van der Waals surface area contributed by atoms with Gasteiger partial charge in [0.1, 0.15) is 5.60 Å². The van der Waals surface area contributed by atoms with Gasteiger partial charge < -0.3 is 20.3 Å². The van der Waals surface area contributed by atoms with Gasteiger partial charge in [-0.2, -0.15) is 0 Å². The predicted molar refractivity (Wildman–Crippen MR) is 98.4 cm³/mol. The molecule has 0 atom stereocenters. The molecule has 0 bridgehead atoms. The van der Waals surface area contributed by atoms with Crippen LogP contribution in [0.2, 0.25) is 0 Å². The molecule has 7 nitrogen and oxygen atoms in total. The molecule has 1 heterocycles. The van der Waals surface area contributed by atoms with Crippen LogP contribution in [0, 0.1) is 5.92 Å². The molecular formula is C17H35N5O2. The number of piperazine rings is 1. The molecule has 7 heteroatoms. The van der Waals surface area contributed by atoms with E-state index >= 15 is 0 Å². The summed E-state index contributed by atoms with van der Waals surface area (Å²) in [5, 5.41) is 6.63. The minimum atomic E-state index is -0.434. The lowest BCUT2D eigenvalue weighted by atomic mass is 10.2. The third-order valence-electron chi connectivity index (χ3n) is 3.65. The number of nitrogens with one attached hydrogen (secondary N) is 2. The summed E-state index contributed by atoms with van der Waals surface area (Å²) in [6.07, 6.45) is -0.210. The molecule has 140 valence electrons. The maximum absolute atomic E-state index is 12.0. The van der Waals surface area contributed by atoms with Crippen LogP contribution in [0.15, 0.2) is 4.99 Å². The highest BCUT2D eigenvalue weighted by Crippen LogP contribution is 2.11. The Labute approximate surface area is 146 Å². The predicted octanol–water partition coefficient (Wildman–Crippen LogP) is 1.36. The number of aliphatic imine (C=N–C) groups is 1. The van der Waals surface area contributed by atoms with Gasteiger partial charge in [-0.05, 0) is 26.7 Å². The van der Waals surface area contributed by atoms with Crippen LogP contribution >= 0.6 is 0 Å². The SMILES string of the molecule is CN=C(NCCN1CCN(C(=O)OC(C)(C)C)CC1)NCC(C)C. The van der Waals surface area contributed by atoms with Gasteiger partial charge in [0, 0.05) is 52.9 Å². The highest BCUT2D eigenvalue weighted by molar-refractivity contribution is 5.79. The minimum Gasteiger partial charge on any atom is -0.444 e. The number of hydrogen-bond donors (Lipinski definition) is 2. The molecule has 1 fully saturated rings. The fourth-order valence-electron chi connectivity index (χ4n) is 2.33. The van der Waals surface area contributed by atoms with Crippen molar-refractivity contribution in [3.63, 3.8) is 0 Å². The van der Waals surface area contributed by atoms with Gasteiger partial charge in [0.15, 0.2) is 5.96 Å². The van der Waals surface area contributed by atoms with Gasteiger partial charge in [0.25, 0.3) is 0 Å². The lowest BCUT2D eigenvalue weighted by molar-refractivity contribution is 0.0147. The van der Waals surface area contributed by atoms with Crippen LogP contribution in [0.25, 0.3) is 0 Å². The average Bonchev–Trinajstić information content (AvgIpc) is 2.49. The van der Waals surface area contributed by atoms with Crippen LogP contribution in [0.5, 0.6) is 0 Å². The zero-order chi connectivity index (χ0) is 18.2. The second-order valence-corrected chi connectivity index (χ2v) is 7.58. The summed E-state index contributed by atoms with van der Waals surface area (Å²) in [6, 6.07) is 0. The number of carbonyl (C=O) groups is 1. The summed E-state index contributed by atoms with van der Waals surface area (Å²) < 4.78 is 5.42. The standard InChI is InChI=1S/C17H35N5O2/c1-14(2)13-20-15(18-6)19-7-8-21-9-11-22(12-10-21)16(23)24-17(3,4)5/h14H,7-13H2,1-6H3,(H2,18,19,20). The number of nitrogens with zero attached hydrogens (tertiary/aromatic N) is 3. The van der Waals surface area contributed by atoms with Crippen molar-refractivity contribution in [2.75, 3.05) is 52.9 Å². The average molecular weight is 342 g/mol. The molecule has 1 saturated heterocycles. The second kappa shape index (κ2) is 9.71. The van der Waals surface area contributed by atoms with Crippen molar-refractivity contribution < 1.29 is 9.53 Å². The monoisotopic (exact) mass is 341 g/mol. The first-order chi connectivity index (χ1) is 11.2. The van der Waals surface area contributed by atoms with Crippen LogP contribution in [-0.4, -0.2) is 80.3 Å². The Hall–Kier alpha value is -1.50. The van der Waals surface area contributed by atoms with Crippen molar-refractivity contribution in [3.05, 3.63) is 0 Å². The Kier molecular flexibility index (Phi) is 8.31. The summed E-state index contributed by atoms with van der Waals surface area (Å²) >= 11 is 0. The van der Waals surface area contributed by atoms with E-state index in [4.69, 9.17) is 4.74 Å². The highest BCUT2D eigenvalue weighted by atomic mass is 16.6. The van der Waals surface area contributed by atoms with Crippen molar-refractivity contribution in [2.45, 2.75) is 40.2 Å². The smallest absolute Gasteiger partial charge is 0.410 e. The van der Waals surface area contributed by atoms with Crippen molar-refractivity contribution in [3.8, 4) is 0 Å². The molecular weight excluding hydrogens is 306 g/mol. The van der Waals surface area contributed by atoms with Gasteiger partial charge in [-0.1, -0.05) is 13.8 Å². The van der Waals surface area contributed by atoms with Crippen LogP contribution in [-0.2, 0) is 4.74 Å². The summed E-state index contributed by atoms with van der Waals surface area (Å²) in [5.74, 6) is 1.43. The van der Waals surface area contributed by atoms with Crippen molar-refractivity contribution in [1.29, 1.82) is 0 Å². The Morgan fingerprint density at radius 1 is 1.17 bits per heavy atom. The summed E-state index contributed by atoms with van der Waals surface area (Å²) in [5.41, 5.74) is -0.434. The molecule has 1 rings (SSSR count). The third kappa shape index (κ3) is 8.38. The normalized spacial score (nSPS) is 17.1. The molecule has 0 spiro atoms. The van der Waals surface area contributed by atoms with Gasteiger partial charge >= 0.3 is 6.09 Å². The quantitative estimate of drug-likeness (QED) is 0.584. The molecule has 0 aromatic heterocycles. The molecule has 2 N–H and O–H groups in total. The van der Waals surface area contributed by atoms with Gasteiger partial charge in [-0.15, -0.1) is 0 Å². The second-order valence-electron chi connectivity index (χ2n) is 7.58. The maximum atomic E-state index is 12.0. The molecule has 1 aliphatic heterocycles. The molecule has 24 heavy (non-hydrogen) atoms. The van der Waals surface area contributed by atoms with Crippen molar-refractivity contribution >= 4 is 12.1 Å². The highest BCUT2D eigenvalue weighted by Gasteiger charge is 2.25. The first-order valence-electron chi connectivity index (χ1n) is 8.86. The summed E-state index contributed by atoms with van der Waals surface area (Å²) in [7, 11) is 1.79. The lowest BCUT2D eigenvalue weighted by Gasteiger charge is -2.35. The number of ether oxygens (including phenoxy) is 1. The summed E-state index contributed by atoms with van der Waals surface area (Å²) in [6.45, 7) is 15.9. The van der Waals surface area contributed by atoms with E-state index < -0.39 is 5.60 Å². The summed E-state index contributed by atoms with van der Waals surface area (Å²) in [4.78, 5) is 20.4. The zero-order valence-electron chi connectivity index (χ0n) is 16.2. The molecule has 0 unspecified atom stereocenters. The Balaban J connectivity index is 2.23. The first-order valence-corrected chi connectivity index (χ1v) is 8.86. The van der Waals surface area contributed by atoms with Crippen LogP contribution in [0.3, 0.4) is 0 Å². The van der Waals surface area contributed by atoms with Gasteiger partial charge in [0.2, 0.25) is 0 Å². The van der Waals surface area contributed by atoms with E-state index in [-0.39, 0.29) is 6.09 Å². The number of carbonyl (C=O) groups excluding carboxylic acids is 1. The zero-order valence-corrected chi connectivity index (χ0v) is 16.2. The third-order valence-corrected chi connectivity index (χ3v) is 3.65. The van der Waals surface area contributed by atoms with Gasteiger partial charge in [0.05, 0.1) is 0 Å². The first kappa shape index (κ1) is 20.5. The Morgan fingerprint density at radius 3 is 2.29 bits per heavy atom. The molecule has 0 radical (unpaired) electrons. The number of hydrogen-bond acceptors (Lipinski definition) is 4. The van der Waals surface area contributed by atoms with E-state index in [0.29, 0.717) is 5.92 Å². The van der Waals surface area contributed by atoms with Crippen LogP contribution < -0.4 is 10.6 Å². The van der Waals surface area contributed by atoms with Crippen LogP contribution in [0.4, 0.5) is 4.79 Å². The fraction of sp³-hybridized carbons (Fsp3) is 0.882. The maximum Gasteiger partial charge on any atom is 0.410 e. The van der Waals surface area contributed by atoms with Gasteiger partial charge in [-0.3, -0.25) is 9.89 Å². The number of amides is 1. The van der Waals surface area contributed by atoms with E-state index in [1.54, 1.807) is 11.9 Å². The molecule has 0 saturated carbocycles. The van der Waals surface area contributed by atoms with E-state index in [2.05, 4.69) is 34.4 Å². The number of guanidine groups is 1. The van der Waals surface area contributed by atoms with E-state index in [1.165, 1.54) is 0 Å². The molecule has 1 aliphatic rings. The van der Waals surface area contributed by atoms with E-state index in [9.17, 15) is 4.79 Å². The molecule has 0 aliphatic carbocycles. The van der Waals surface area contributed by atoms with Crippen LogP contribution in [0.1, 0.15) is 34.6 Å². The van der Waals surface area contributed by atoms with Crippen molar-refractivity contribution in [2.24, 2.45) is 10.9 Å². The molecule has 0 aromatic carbocycles. The lowest BCUT2D eigenvalue weighted by Crippen LogP contribution is -2.51. The number of rotatable bonds is 5. The van der Waals surface area contributed by atoms with Crippen molar-refractivity contribution in [1.82, 2.24) is 20.4 Å².